The summed E-state index contributed by atoms with van der Waals surface area (Å²) in [6.45, 7) is 5.79. The summed E-state index contributed by atoms with van der Waals surface area (Å²) in [6, 6.07) is 15.9. The van der Waals surface area contributed by atoms with Crippen molar-refractivity contribution in [2.24, 2.45) is 0 Å². The van der Waals surface area contributed by atoms with Gasteiger partial charge < -0.3 is 14.9 Å². The van der Waals surface area contributed by atoms with Crippen molar-refractivity contribution >= 4 is 33.1 Å². The summed E-state index contributed by atoms with van der Waals surface area (Å²) >= 11 is 0. The van der Waals surface area contributed by atoms with Gasteiger partial charge in [-0.05, 0) is 67.4 Å². The normalized spacial score (nSPS) is 14.2. The van der Waals surface area contributed by atoms with Crippen LogP contribution in [0.3, 0.4) is 0 Å². The van der Waals surface area contributed by atoms with Crippen LogP contribution < -0.4 is 14.5 Å². The molecule has 0 aliphatic carbocycles. The van der Waals surface area contributed by atoms with E-state index in [0.717, 1.165) is 11.1 Å². The Bertz CT molecular complexity index is 1340. The van der Waals surface area contributed by atoms with Crippen LogP contribution in [0, 0.1) is 19.7 Å². The maximum Gasteiger partial charge on any atom is 0.337 e. The number of hydrogen-bond acceptors (Lipinski definition) is 5. The van der Waals surface area contributed by atoms with Gasteiger partial charge in [0.2, 0.25) is 0 Å². The monoisotopic (exact) mass is 483 g/mol. The second-order valence-corrected chi connectivity index (χ2v) is 10.00. The van der Waals surface area contributed by atoms with Crippen LogP contribution in [0.2, 0.25) is 0 Å². The van der Waals surface area contributed by atoms with Gasteiger partial charge in [-0.2, -0.15) is 0 Å². The molecule has 178 valence electrons. The molecule has 3 aromatic carbocycles. The minimum atomic E-state index is -3.87. The number of benzene rings is 3. The largest absolute Gasteiger partial charge is 0.478 e. The van der Waals surface area contributed by atoms with Gasteiger partial charge in [0.25, 0.3) is 10.0 Å². The molecule has 0 saturated carbocycles. The molecule has 4 rings (SSSR count). The zero-order valence-corrected chi connectivity index (χ0v) is 19.8. The fourth-order valence-electron chi connectivity index (χ4n) is 4.04. The molecule has 0 amide bonds. The fraction of sp³-hybridized carbons (Fsp3) is 0.240. The fourth-order valence-corrected chi connectivity index (χ4v) is 5.17. The van der Waals surface area contributed by atoms with Crippen LogP contribution in [-0.4, -0.2) is 45.7 Å². The number of para-hydroxylation sites is 1. The molecular formula is C25H26FN3O4S. The standard InChI is InChI=1S/C25H26FN3O4S/c1-17-7-9-20(15-18(17)2)34(32,33)27-19-8-10-23(21(16-19)25(30)31)28-11-13-29(14-12-28)24-6-4-3-5-22(24)26/h3-10,15-16,27H,11-14H2,1-2H3,(H,30,31). The molecule has 7 nitrogen and oxygen atoms in total. The van der Waals surface area contributed by atoms with E-state index in [9.17, 15) is 22.7 Å². The number of carbonyl (C=O) groups is 1. The minimum absolute atomic E-state index is 0.000344. The summed E-state index contributed by atoms with van der Waals surface area (Å²) in [5, 5.41) is 9.81. The van der Waals surface area contributed by atoms with Crippen LogP contribution >= 0.6 is 0 Å². The Morgan fingerprint density at radius 2 is 1.53 bits per heavy atom. The Kier molecular flexibility index (Phi) is 6.47. The molecule has 34 heavy (non-hydrogen) atoms. The number of piperazine rings is 1. The predicted molar refractivity (Wildman–Crippen MR) is 131 cm³/mol. The van der Waals surface area contributed by atoms with Crippen molar-refractivity contribution in [1.82, 2.24) is 0 Å². The SMILES string of the molecule is Cc1ccc(S(=O)(=O)Nc2ccc(N3CCN(c4ccccc4F)CC3)c(C(=O)O)c2)cc1C. The number of carboxylic acid groups (broad SMARTS) is 1. The summed E-state index contributed by atoms with van der Waals surface area (Å²) < 4.78 is 42.3. The van der Waals surface area contributed by atoms with Gasteiger partial charge in [0, 0.05) is 31.9 Å². The first-order chi connectivity index (χ1) is 16.2. The highest BCUT2D eigenvalue weighted by Gasteiger charge is 2.24. The second-order valence-electron chi connectivity index (χ2n) is 8.31. The lowest BCUT2D eigenvalue weighted by atomic mass is 10.1. The first-order valence-electron chi connectivity index (χ1n) is 10.9. The number of nitrogens with one attached hydrogen (secondary N) is 1. The van der Waals surface area contributed by atoms with E-state index in [1.165, 1.54) is 18.2 Å². The number of anilines is 3. The third kappa shape index (κ3) is 4.84. The van der Waals surface area contributed by atoms with Gasteiger partial charge >= 0.3 is 5.97 Å². The number of hydrogen-bond donors (Lipinski definition) is 2. The Morgan fingerprint density at radius 1 is 0.882 bits per heavy atom. The van der Waals surface area contributed by atoms with Crippen LogP contribution in [-0.2, 0) is 10.0 Å². The molecule has 1 fully saturated rings. The lowest BCUT2D eigenvalue weighted by Crippen LogP contribution is -2.47. The van der Waals surface area contributed by atoms with Gasteiger partial charge in [0.15, 0.2) is 0 Å². The molecule has 0 atom stereocenters. The smallest absolute Gasteiger partial charge is 0.337 e. The quantitative estimate of drug-likeness (QED) is 0.544. The number of carboxylic acids is 1. The van der Waals surface area contributed by atoms with Crippen LogP contribution in [0.5, 0.6) is 0 Å². The van der Waals surface area contributed by atoms with E-state index in [1.807, 2.05) is 23.6 Å². The zero-order valence-electron chi connectivity index (χ0n) is 19.0. The number of halogens is 1. The second kappa shape index (κ2) is 9.34. The third-order valence-electron chi connectivity index (χ3n) is 6.08. The van der Waals surface area contributed by atoms with Gasteiger partial charge in [-0.25, -0.2) is 17.6 Å². The highest BCUT2D eigenvalue weighted by molar-refractivity contribution is 7.92. The first kappa shape index (κ1) is 23.6. The molecule has 3 aromatic rings. The van der Waals surface area contributed by atoms with E-state index >= 15 is 0 Å². The van der Waals surface area contributed by atoms with Crippen molar-refractivity contribution in [2.45, 2.75) is 18.7 Å². The molecule has 1 aliphatic rings. The molecule has 0 spiro atoms. The van der Waals surface area contributed by atoms with Gasteiger partial charge in [-0.3, -0.25) is 4.72 Å². The van der Waals surface area contributed by atoms with Crippen molar-refractivity contribution < 1.29 is 22.7 Å². The van der Waals surface area contributed by atoms with Crippen LogP contribution in [0.4, 0.5) is 21.5 Å². The third-order valence-corrected chi connectivity index (χ3v) is 7.46. The summed E-state index contributed by atoms with van der Waals surface area (Å²) in [4.78, 5) is 16.0. The number of nitrogens with zero attached hydrogens (tertiary/aromatic N) is 2. The zero-order chi connectivity index (χ0) is 24.5. The summed E-state index contributed by atoms with van der Waals surface area (Å²) in [7, 11) is -3.87. The molecule has 0 unspecified atom stereocenters. The molecule has 2 N–H and O–H groups in total. The molecule has 0 aromatic heterocycles. The Hall–Kier alpha value is -3.59. The first-order valence-corrected chi connectivity index (χ1v) is 12.4. The van der Waals surface area contributed by atoms with Crippen molar-refractivity contribution in [2.75, 3.05) is 40.7 Å². The van der Waals surface area contributed by atoms with E-state index < -0.39 is 16.0 Å². The summed E-state index contributed by atoms with van der Waals surface area (Å²) in [5.74, 6) is -1.44. The van der Waals surface area contributed by atoms with Crippen molar-refractivity contribution in [3.05, 3.63) is 83.2 Å². The maximum absolute atomic E-state index is 14.1. The highest BCUT2D eigenvalue weighted by Crippen LogP contribution is 2.29. The van der Waals surface area contributed by atoms with E-state index in [-0.39, 0.29) is 22.0 Å². The van der Waals surface area contributed by atoms with Gasteiger partial charge in [0.1, 0.15) is 5.82 Å². The highest BCUT2D eigenvalue weighted by atomic mass is 32.2. The van der Waals surface area contributed by atoms with E-state index in [2.05, 4.69) is 4.72 Å². The number of rotatable bonds is 6. The van der Waals surface area contributed by atoms with Crippen molar-refractivity contribution in [1.29, 1.82) is 0 Å². The molecule has 1 aliphatic heterocycles. The molecule has 0 radical (unpaired) electrons. The summed E-state index contributed by atoms with van der Waals surface area (Å²) in [6.07, 6.45) is 0. The van der Waals surface area contributed by atoms with Crippen LogP contribution in [0.1, 0.15) is 21.5 Å². The average Bonchev–Trinajstić information content (AvgIpc) is 2.81. The van der Waals surface area contributed by atoms with Crippen LogP contribution in [0.15, 0.2) is 65.6 Å². The summed E-state index contributed by atoms with van der Waals surface area (Å²) in [5.41, 5.74) is 3.01. The predicted octanol–water partition coefficient (Wildman–Crippen LogP) is 4.27. The molecule has 1 saturated heterocycles. The Labute approximate surface area is 198 Å². The molecule has 9 heteroatoms. The number of aryl methyl sites for hydroxylation is 2. The van der Waals surface area contributed by atoms with Crippen molar-refractivity contribution in [3.63, 3.8) is 0 Å². The Morgan fingerprint density at radius 3 is 2.15 bits per heavy atom. The van der Waals surface area contributed by atoms with Gasteiger partial charge in [-0.15, -0.1) is 0 Å². The van der Waals surface area contributed by atoms with Gasteiger partial charge in [-0.1, -0.05) is 18.2 Å². The lowest BCUT2D eigenvalue weighted by molar-refractivity contribution is 0.0697. The molecule has 1 heterocycles. The van der Waals surface area contributed by atoms with Gasteiger partial charge in [0.05, 0.1) is 21.8 Å². The number of sulfonamides is 1. The van der Waals surface area contributed by atoms with E-state index in [1.54, 1.807) is 42.5 Å². The molecule has 0 bridgehead atoms. The molecular weight excluding hydrogens is 457 g/mol. The lowest BCUT2D eigenvalue weighted by Gasteiger charge is -2.38. The maximum atomic E-state index is 14.1. The topological polar surface area (TPSA) is 90.0 Å². The van der Waals surface area contributed by atoms with Crippen LogP contribution in [0.25, 0.3) is 0 Å². The van der Waals surface area contributed by atoms with E-state index in [4.69, 9.17) is 0 Å². The van der Waals surface area contributed by atoms with Crippen molar-refractivity contribution in [3.8, 4) is 0 Å². The Balaban J connectivity index is 1.54. The van der Waals surface area contributed by atoms with E-state index in [0.29, 0.717) is 37.6 Å². The number of aromatic carboxylic acids is 1. The average molecular weight is 484 g/mol. The minimum Gasteiger partial charge on any atom is -0.478 e.